The molecule has 0 spiro atoms. The molecule has 5 heterocycles. The second kappa shape index (κ2) is 12.1. The largest absolute Gasteiger partial charge is 0.454 e. The first-order valence-electron chi connectivity index (χ1n) is 13.7. The van der Waals surface area contributed by atoms with Crippen LogP contribution in [0.25, 0.3) is 17.1 Å². The molecular formula is C30H26FN7O3S2. The molecule has 0 N–H and O–H groups in total. The molecule has 1 fully saturated rings. The van der Waals surface area contributed by atoms with Crippen molar-refractivity contribution in [3.05, 3.63) is 94.5 Å². The summed E-state index contributed by atoms with van der Waals surface area (Å²) >= 11 is 2.82. The molecule has 13 heteroatoms. The summed E-state index contributed by atoms with van der Waals surface area (Å²) in [5.74, 6) is 2.10. The molecule has 2 aliphatic rings. The number of hydrogen-bond acceptors (Lipinski definition) is 10. The Hall–Kier alpha value is -4.33. The van der Waals surface area contributed by atoms with E-state index in [0.717, 1.165) is 47.3 Å². The maximum atomic E-state index is 14.9. The molecule has 5 aromatic rings. The molecule has 3 aromatic heterocycles. The van der Waals surface area contributed by atoms with E-state index in [1.165, 1.54) is 29.2 Å². The van der Waals surface area contributed by atoms with Gasteiger partial charge in [0.25, 0.3) is 5.91 Å². The van der Waals surface area contributed by atoms with E-state index in [9.17, 15) is 9.18 Å². The van der Waals surface area contributed by atoms with Gasteiger partial charge in [-0.25, -0.2) is 9.37 Å². The van der Waals surface area contributed by atoms with Crippen LogP contribution in [0.5, 0.6) is 11.5 Å². The lowest BCUT2D eigenvalue weighted by molar-refractivity contribution is 0.0623. The van der Waals surface area contributed by atoms with Crippen LogP contribution in [0, 0.1) is 5.82 Å². The zero-order chi connectivity index (χ0) is 29.2. The highest BCUT2D eigenvalue weighted by Gasteiger charge is 2.25. The number of para-hydroxylation sites is 1. The van der Waals surface area contributed by atoms with Gasteiger partial charge in [-0.1, -0.05) is 30.0 Å². The Kier molecular flexibility index (Phi) is 7.75. The van der Waals surface area contributed by atoms with Crippen molar-refractivity contribution < 1.29 is 18.7 Å². The Morgan fingerprint density at radius 3 is 2.63 bits per heavy atom. The monoisotopic (exact) mass is 615 g/mol. The number of ether oxygens (including phenoxy) is 2. The van der Waals surface area contributed by atoms with Gasteiger partial charge in [-0.15, -0.1) is 21.5 Å². The van der Waals surface area contributed by atoms with E-state index in [-0.39, 0.29) is 18.5 Å². The van der Waals surface area contributed by atoms with Crippen molar-refractivity contribution in [1.82, 2.24) is 34.5 Å². The quantitative estimate of drug-likeness (QED) is 0.226. The Labute approximate surface area is 255 Å². The van der Waals surface area contributed by atoms with Gasteiger partial charge in [0.1, 0.15) is 16.5 Å². The van der Waals surface area contributed by atoms with Crippen LogP contribution in [0.1, 0.15) is 21.1 Å². The number of amides is 1. The standard InChI is InChI=1S/C30H26FN7O3S2/c31-22-3-1-2-4-24(22)38-28(21-7-9-32-10-8-21)34-35-30(38)43-18-27-33-23(17-42-27)29(39)37-13-11-36(12-14-37)16-20-5-6-25-26(15-20)41-19-40-25/h1-10,15,17H,11-14,16,18-19H2. The minimum Gasteiger partial charge on any atom is -0.454 e. The van der Waals surface area contributed by atoms with E-state index in [1.807, 2.05) is 29.2 Å². The van der Waals surface area contributed by atoms with Crippen LogP contribution in [0.4, 0.5) is 4.39 Å². The van der Waals surface area contributed by atoms with Crippen molar-refractivity contribution in [2.24, 2.45) is 0 Å². The first-order valence-corrected chi connectivity index (χ1v) is 15.6. The number of piperazine rings is 1. The maximum Gasteiger partial charge on any atom is 0.273 e. The van der Waals surface area contributed by atoms with Crippen molar-refractivity contribution >= 4 is 29.0 Å². The third-order valence-corrected chi connectivity index (χ3v) is 9.24. The number of fused-ring (bicyclic) bond motifs is 1. The van der Waals surface area contributed by atoms with Crippen molar-refractivity contribution in [2.45, 2.75) is 17.5 Å². The number of pyridine rings is 1. The predicted octanol–water partition coefficient (Wildman–Crippen LogP) is 4.90. The highest BCUT2D eigenvalue weighted by molar-refractivity contribution is 7.98. The average Bonchev–Trinajstić information content (AvgIpc) is 3.81. The third-order valence-electron chi connectivity index (χ3n) is 7.26. The summed E-state index contributed by atoms with van der Waals surface area (Å²) in [6.07, 6.45) is 3.33. The lowest BCUT2D eigenvalue weighted by Crippen LogP contribution is -2.48. The normalized spacial score (nSPS) is 14.8. The molecule has 0 radical (unpaired) electrons. The smallest absolute Gasteiger partial charge is 0.273 e. The van der Waals surface area contributed by atoms with Gasteiger partial charge in [0.05, 0.1) is 11.4 Å². The molecule has 0 unspecified atom stereocenters. The molecule has 0 saturated carbocycles. The second-order valence-electron chi connectivity index (χ2n) is 10.0. The highest BCUT2D eigenvalue weighted by Crippen LogP contribution is 2.33. The molecule has 43 heavy (non-hydrogen) atoms. The van der Waals surface area contributed by atoms with Crippen molar-refractivity contribution in [1.29, 1.82) is 0 Å². The maximum absolute atomic E-state index is 14.9. The number of benzene rings is 2. The number of thiazole rings is 1. The zero-order valence-electron chi connectivity index (χ0n) is 22.9. The molecule has 1 saturated heterocycles. The Morgan fingerprint density at radius 2 is 1.79 bits per heavy atom. The van der Waals surface area contributed by atoms with Gasteiger partial charge in [0, 0.05) is 56.1 Å². The van der Waals surface area contributed by atoms with E-state index in [4.69, 9.17) is 9.47 Å². The van der Waals surface area contributed by atoms with Crippen LogP contribution in [0.2, 0.25) is 0 Å². The van der Waals surface area contributed by atoms with Crippen LogP contribution in [-0.4, -0.2) is 73.4 Å². The first kappa shape index (κ1) is 27.5. The number of thioether (sulfide) groups is 1. The zero-order valence-corrected chi connectivity index (χ0v) is 24.6. The fourth-order valence-electron chi connectivity index (χ4n) is 5.07. The topological polar surface area (TPSA) is 98.5 Å². The summed E-state index contributed by atoms with van der Waals surface area (Å²) in [5.41, 5.74) is 2.73. The molecule has 0 aliphatic carbocycles. The van der Waals surface area contributed by atoms with Crippen LogP contribution >= 0.6 is 23.1 Å². The van der Waals surface area contributed by atoms with Crippen LogP contribution < -0.4 is 9.47 Å². The van der Waals surface area contributed by atoms with E-state index >= 15 is 0 Å². The number of nitrogens with zero attached hydrogens (tertiary/aromatic N) is 7. The van der Waals surface area contributed by atoms with Crippen LogP contribution in [-0.2, 0) is 12.3 Å². The van der Waals surface area contributed by atoms with Gasteiger partial charge >= 0.3 is 0 Å². The van der Waals surface area contributed by atoms with Gasteiger partial charge in [-0.2, -0.15) is 0 Å². The van der Waals surface area contributed by atoms with Gasteiger partial charge in [-0.3, -0.25) is 19.2 Å². The van der Waals surface area contributed by atoms with Gasteiger partial charge in [0.2, 0.25) is 6.79 Å². The van der Waals surface area contributed by atoms with E-state index in [0.29, 0.717) is 41.2 Å². The molecule has 2 aromatic carbocycles. The van der Waals surface area contributed by atoms with E-state index in [1.54, 1.807) is 40.5 Å². The lowest BCUT2D eigenvalue weighted by atomic mass is 10.1. The fourth-order valence-corrected chi connectivity index (χ4v) is 6.80. The lowest BCUT2D eigenvalue weighted by Gasteiger charge is -2.34. The van der Waals surface area contributed by atoms with Crippen LogP contribution in [0.3, 0.4) is 0 Å². The number of rotatable bonds is 8. The highest BCUT2D eigenvalue weighted by atomic mass is 32.2. The molecule has 218 valence electrons. The molecule has 0 atom stereocenters. The minimum atomic E-state index is -0.377. The number of carbonyl (C=O) groups excluding carboxylic acids is 1. The SMILES string of the molecule is O=C(c1csc(CSc2nnc(-c3ccncc3)n2-c2ccccc2F)n1)N1CCN(Cc2ccc3c(c2)OCO3)CC1. The van der Waals surface area contributed by atoms with E-state index < -0.39 is 0 Å². The average molecular weight is 616 g/mol. The molecule has 2 aliphatic heterocycles. The van der Waals surface area contributed by atoms with Crippen molar-refractivity contribution in [3.8, 4) is 28.6 Å². The van der Waals surface area contributed by atoms with Gasteiger partial charge in [0.15, 0.2) is 22.5 Å². The summed E-state index contributed by atoms with van der Waals surface area (Å²) < 4.78 is 27.5. The molecular weight excluding hydrogens is 590 g/mol. The second-order valence-corrected chi connectivity index (χ2v) is 11.9. The summed E-state index contributed by atoms with van der Waals surface area (Å²) in [6, 6.07) is 16.2. The number of carbonyl (C=O) groups is 1. The fraction of sp³-hybridized carbons (Fsp3) is 0.233. The van der Waals surface area contributed by atoms with E-state index in [2.05, 4.69) is 31.1 Å². The minimum absolute atomic E-state index is 0.0651. The summed E-state index contributed by atoms with van der Waals surface area (Å²) in [7, 11) is 0. The summed E-state index contributed by atoms with van der Waals surface area (Å²) in [4.78, 5) is 26.1. The van der Waals surface area contributed by atoms with Crippen molar-refractivity contribution in [2.75, 3.05) is 33.0 Å². The van der Waals surface area contributed by atoms with Gasteiger partial charge < -0.3 is 14.4 Å². The van der Waals surface area contributed by atoms with Gasteiger partial charge in [-0.05, 0) is 42.0 Å². The number of halogens is 1. The predicted molar refractivity (Wildman–Crippen MR) is 160 cm³/mol. The third kappa shape index (κ3) is 5.83. The number of hydrogen-bond donors (Lipinski definition) is 0. The van der Waals surface area contributed by atoms with Crippen LogP contribution in [0.15, 0.2) is 77.5 Å². The molecule has 1 amide bonds. The molecule has 0 bridgehead atoms. The summed E-state index contributed by atoms with van der Waals surface area (Å²) in [5, 5.41) is 11.8. The Morgan fingerprint density at radius 1 is 0.977 bits per heavy atom. The molecule has 10 nitrogen and oxygen atoms in total. The first-order chi connectivity index (χ1) is 21.1. The Balaban J connectivity index is 0.993. The van der Waals surface area contributed by atoms with Crippen molar-refractivity contribution in [3.63, 3.8) is 0 Å². The summed E-state index contributed by atoms with van der Waals surface area (Å²) in [6.45, 7) is 3.87. The molecule has 7 rings (SSSR count). The Bertz CT molecular complexity index is 1760. The number of aromatic nitrogens is 5.